The summed E-state index contributed by atoms with van der Waals surface area (Å²) in [4.78, 5) is 23.8. The largest absolute Gasteiger partial charge is 0.425 e. The Morgan fingerprint density at radius 1 is 1.23 bits per heavy atom. The molecule has 0 aliphatic carbocycles. The SMILES string of the molecule is CNC(C)C(=O)Oc1c(C)ccc(C)c1C(C)(C)CC(C)=O. The first-order valence-corrected chi connectivity index (χ1v) is 7.59. The van der Waals surface area contributed by atoms with Crippen molar-refractivity contribution in [1.82, 2.24) is 5.32 Å². The minimum atomic E-state index is -0.388. The van der Waals surface area contributed by atoms with Crippen LogP contribution >= 0.6 is 0 Å². The van der Waals surface area contributed by atoms with Crippen LogP contribution in [0.4, 0.5) is 0 Å². The van der Waals surface area contributed by atoms with E-state index < -0.39 is 0 Å². The first kappa shape index (κ1) is 18.4. The second kappa shape index (κ2) is 7.05. The third-order valence-corrected chi connectivity index (χ3v) is 3.92. The number of ether oxygens (including phenoxy) is 1. The Labute approximate surface area is 133 Å². The highest BCUT2D eigenvalue weighted by Crippen LogP contribution is 2.39. The summed E-state index contributed by atoms with van der Waals surface area (Å²) in [5, 5.41) is 2.88. The van der Waals surface area contributed by atoms with Crippen LogP contribution in [0.5, 0.6) is 5.75 Å². The molecule has 0 saturated carbocycles. The molecule has 122 valence electrons. The predicted molar refractivity (Wildman–Crippen MR) is 88.4 cm³/mol. The van der Waals surface area contributed by atoms with E-state index in [-0.39, 0.29) is 23.2 Å². The van der Waals surface area contributed by atoms with E-state index in [1.54, 1.807) is 20.9 Å². The van der Waals surface area contributed by atoms with Gasteiger partial charge < -0.3 is 10.1 Å². The molecule has 0 bridgehead atoms. The predicted octanol–water partition coefficient (Wildman–Crippen LogP) is 3.07. The Morgan fingerprint density at radius 3 is 2.27 bits per heavy atom. The van der Waals surface area contributed by atoms with E-state index in [9.17, 15) is 9.59 Å². The van der Waals surface area contributed by atoms with Gasteiger partial charge in [0.2, 0.25) is 0 Å². The fraction of sp³-hybridized carbons (Fsp3) is 0.556. The fourth-order valence-electron chi connectivity index (χ4n) is 2.78. The second-order valence-electron chi connectivity index (χ2n) is 6.60. The summed E-state index contributed by atoms with van der Waals surface area (Å²) < 4.78 is 5.66. The van der Waals surface area contributed by atoms with Gasteiger partial charge in [-0.05, 0) is 45.9 Å². The molecular formula is C18H27NO3. The maximum Gasteiger partial charge on any atom is 0.328 e. The molecule has 0 aliphatic heterocycles. The molecule has 4 heteroatoms. The number of carbonyl (C=O) groups is 2. The minimum Gasteiger partial charge on any atom is -0.425 e. The van der Waals surface area contributed by atoms with Gasteiger partial charge in [-0.1, -0.05) is 26.0 Å². The zero-order chi connectivity index (χ0) is 17.1. The van der Waals surface area contributed by atoms with Crippen LogP contribution in [0.15, 0.2) is 12.1 Å². The summed E-state index contributed by atoms with van der Waals surface area (Å²) in [6.45, 7) is 11.3. The van der Waals surface area contributed by atoms with Crippen molar-refractivity contribution < 1.29 is 14.3 Å². The number of nitrogens with one attached hydrogen (secondary N) is 1. The zero-order valence-electron chi connectivity index (χ0n) is 14.7. The number of hydrogen-bond donors (Lipinski definition) is 1. The van der Waals surface area contributed by atoms with Crippen LogP contribution < -0.4 is 10.1 Å². The van der Waals surface area contributed by atoms with Crippen LogP contribution in [-0.2, 0) is 15.0 Å². The Balaban J connectivity index is 3.35. The molecule has 0 heterocycles. The van der Waals surface area contributed by atoms with Gasteiger partial charge in [0.25, 0.3) is 0 Å². The Morgan fingerprint density at radius 2 is 1.77 bits per heavy atom. The smallest absolute Gasteiger partial charge is 0.328 e. The van der Waals surface area contributed by atoms with E-state index in [4.69, 9.17) is 4.74 Å². The van der Waals surface area contributed by atoms with Crippen LogP contribution in [0.1, 0.15) is 50.8 Å². The van der Waals surface area contributed by atoms with E-state index in [2.05, 4.69) is 5.32 Å². The first-order valence-electron chi connectivity index (χ1n) is 7.59. The number of ketones is 1. The van der Waals surface area contributed by atoms with E-state index in [1.165, 1.54) is 0 Å². The lowest BCUT2D eigenvalue weighted by Crippen LogP contribution is -2.35. The van der Waals surface area contributed by atoms with Gasteiger partial charge in [-0.3, -0.25) is 4.79 Å². The topological polar surface area (TPSA) is 55.4 Å². The lowest BCUT2D eigenvalue weighted by atomic mass is 9.77. The molecule has 1 N–H and O–H groups in total. The van der Waals surface area contributed by atoms with Crippen molar-refractivity contribution in [2.75, 3.05) is 7.05 Å². The standard InChI is InChI=1S/C18H27NO3/c1-11-8-9-12(2)16(22-17(21)14(4)19-7)15(11)18(5,6)10-13(3)20/h8-9,14,19H,10H2,1-7H3. The van der Waals surface area contributed by atoms with Gasteiger partial charge in [-0.2, -0.15) is 0 Å². The van der Waals surface area contributed by atoms with Crippen LogP contribution in [0, 0.1) is 13.8 Å². The van der Waals surface area contributed by atoms with Crippen molar-refractivity contribution >= 4 is 11.8 Å². The summed E-state index contributed by atoms with van der Waals surface area (Å²) in [6, 6.07) is 3.56. The number of rotatable bonds is 6. The molecule has 1 aromatic carbocycles. The van der Waals surface area contributed by atoms with Crippen molar-refractivity contribution in [2.24, 2.45) is 0 Å². The maximum absolute atomic E-state index is 12.2. The van der Waals surface area contributed by atoms with Crippen LogP contribution in [-0.4, -0.2) is 24.8 Å². The van der Waals surface area contributed by atoms with Gasteiger partial charge in [0.1, 0.15) is 17.6 Å². The Bertz CT molecular complexity index is 576. The Hall–Kier alpha value is -1.68. The van der Waals surface area contributed by atoms with Gasteiger partial charge in [0.05, 0.1) is 0 Å². The number of benzene rings is 1. The molecule has 1 aromatic rings. The molecule has 1 rings (SSSR count). The van der Waals surface area contributed by atoms with Gasteiger partial charge in [-0.25, -0.2) is 4.79 Å². The Kier molecular flexibility index (Phi) is 5.89. The summed E-state index contributed by atoms with van der Waals surface area (Å²) >= 11 is 0. The van der Waals surface area contributed by atoms with Crippen molar-refractivity contribution in [3.63, 3.8) is 0 Å². The maximum atomic E-state index is 12.2. The molecule has 0 spiro atoms. The molecule has 4 nitrogen and oxygen atoms in total. The molecule has 0 saturated heterocycles. The van der Waals surface area contributed by atoms with Gasteiger partial charge >= 0.3 is 5.97 Å². The fourth-order valence-corrected chi connectivity index (χ4v) is 2.78. The van der Waals surface area contributed by atoms with Crippen molar-refractivity contribution in [3.8, 4) is 5.75 Å². The lowest BCUT2D eigenvalue weighted by Gasteiger charge is -2.29. The summed E-state index contributed by atoms with van der Waals surface area (Å²) in [5.74, 6) is 0.376. The van der Waals surface area contributed by atoms with E-state index in [1.807, 2.05) is 39.8 Å². The van der Waals surface area contributed by atoms with Crippen LogP contribution in [0.2, 0.25) is 0 Å². The van der Waals surface area contributed by atoms with E-state index in [0.29, 0.717) is 12.2 Å². The van der Waals surface area contributed by atoms with Crippen LogP contribution in [0.3, 0.4) is 0 Å². The number of Topliss-reactive ketones (excluding diaryl/α,β-unsaturated/α-hetero) is 1. The van der Waals surface area contributed by atoms with Crippen molar-refractivity contribution in [1.29, 1.82) is 0 Å². The average Bonchev–Trinajstić information content (AvgIpc) is 2.40. The van der Waals surface area contributed by atoms with Crippen molar-refractivity contribution in [3.05, 3.63) is 28.8 Å². The second-order valence-corrected chi connectivity index (χ2v) is 6.60. The quantitative estimate of drug-likeness (QED) is 0.648. The summed E-state index contributed by atoms with van der Waals surface area (Å²) in [5.41, 5.74) is 2.46. The van der Waals surface area contributed by atoms with E-state index in [0.717, 1.165) is 16.7 Å². The highest BCUT2D eigenvalue weighted by Gasteiger charge is 2.30. The van der Waals surface area contributed by atoms with Crippen LogP contribution in [0.25, 0.3) is 0 Å². The highest BCUT2D eigenvalue weighted by molar-refractivity contribution is 5.80. The van der Waals surface area contributed by atoms with Crippen molar-refractivity contribution in [2.45, 2.75) is 59.4 Å². The lowest BCUT2D eigenvalue weighted by molar-refractivity contribution is -0.136. The minimum absolute atomic E-state index is 0.117. The molecule has 22 heavy (non-hydrogen) atoms. The molecule has 0 fully saturated rings. The third kappa shape index (κ3) is 4.17. The number of esters is 1. The molecule has 0 amide bonds. The summed E-state index contributed by atoms with van der Waals surface area (Å²) in [7, 11) is 1.72. The van der Waals surface area contributed by atoms with Gasteiger partial charge in [0.15, 0.2) is 0 Å². The average molecular weight is 305 g/mol. The van der Waals surface area contributed by atoms with E-state index >= 15 is 0 Å². The molecule has 1 unspecified atom stereocenters. The summed E-state index contributed by atoms with van der Waals surface area (Å²) in [6.07, 6.45) is 0.406. The molecule has 0 radical (unpaired) electrons. The number of aryl methyl sites for hydroxylation is 2. The number of carbonyl (C=O) groups excluding carboxylic acids is 2. The van der Waals surface area contributed by atoms with Gasteiger partial charge in [-0.15, -0.1) is 0 Å². The molecule has 1 atom stereocenters. The third-order valence-electron chi connectivity index (χ3n) is 3.92. The monoisotopic (exact) mass is 305 g/mol. The normalized spacial score (nSPS) is 12.9. The number of hydrogen-bond acceptors (Lipinski definition) is 4. The zero-order valence-corrected chi connectivity index (χ0v) is 14.7. The molecule has 0 aromatic heterocycles. The first-order chi connectivity index (χ1) is 10.1. The number of likely N-dealkylation sites (N-methyl/N-ethyl adjacent to an activating group) is 1. The molecular weight excluding hydrogens is 278 g/mol. The highest BCUT2D eigenvalue weighted by atomic mass is 16.5. The van der Waals surface area contributed by atoms with Gasteiger partial charge in [0, 0.05) is 17.4 Å². The molecule has 0 aliphatic rings.